The minimum absolute atomic E-state index is 0.0475. The van der Waals surface area contributed by atoms with Crippen LogP contribution in [0.15, 0.2) is 70.5 Å². The Balaban J connectivity index is 1.61. The van der Waals surface area contributed by atoms with E-state index in [1.807, 2.05) is 13.0 Å². The van der Waals surface area contributed by atoms with Gasteiger partial charge in [-0.25, -0.2) is 16.8 Å². The van der Waals surface area contributed by atoms with E-state index in [-0.39, 0.29) is 22.1 Å². The maximum atomic E-state index is 13.1. The third-order valence-electron chi connectivity index (χ3n) is 5.70. The monoisotopic (exact) mass is 486 g/mol. The summed E-state index contributed by atoms with van der Waals surface area (Å²) in [4.78, 5) is 0.297. The highest BCUT2D eigenvalue weighted by molar-refractivity contribution is 7.92. The molecule has 0 amide bonds. The summed E-state index contributed by atoms with van der Waals surface area (Å²) in [5.74, 6) is 0.251. The van der Waals surface area contributed by atoms with Crippen molar-refractivity contribution in [2.75, 3.05) is 18.4 Å². The number of nitrogens with zero attached hydrogens (tertiary/aromatic N) is 1. The first kappa shape index (κ1) is 23.3. The van der Waals surface area contributed by atoms with Crippen molar-refractivity contribution in [2.24, 2.45) is 0 Å². The minimum Gasteiger partial charge on any atom is -0.495 e. The lowest BCUT2D eigenvalue weighted by Gasteiger charge is -2.28. The lowest BCUT2D eigenvalue weighted by atomic mass is 10.0. The van der Waals surface area contributed by atoms with Gasteiger partial charge in [0.15, 0.2) is 0 Å². The summed E-state index contributed by atoms with van der Waals surface area (Å²) < 4.78 is 61.6. The Morgan fingerprint density at radius 2 is 1.55 bits per heavy atom. The molecule has 0 fully saturated rings. The van der Waals surface area contributed by atoms with Crippen molar-refractivity contribution in [1.29, 1.82) is 0 Å². The summed E-state index contributed by atoms with van der Waals surface area (Å²) in [5.41, 5.74) is 3.92. The minimum atomic E-state index is -3.90. The predicted octanol–water partition coefficient (Wildman–Crippen LogP) is 3.86. The molecule has 9 heteroatoms. The highest BCUT2D eigenvalue weighted by atomic mass is 32.2. The molecule has 1 aliphatic rings. The maximum Gasteiger partial charge on any atom is 0.265 e. The van der Waals surface area contributed by atoms with E-state index in [1.165, 1.54) is 11.4 Å². The van der Waals surface area contributed by atoms with E-state index in [9.17, 15) is 16.8 Å². The predicted molar refractivity (Wildman–Crippen MR) is 127 cm³/mol. The average molecular weight is 487 g/mol. The summed E-state index contributed by atoms with van der Waals surface area (Å²) in [7, 11) is -6.13. The van der Waals surface area contributed by atoms with E-state index in [1.54, 1.807) is 61.5 Å². The number of anilines is 1. The second-order valence-corrected chi connectivity index (χ2v) is 11.7. The maximum absolute atomic E-state index is 13.1. The van der Waals surface area contributed by atoms with Crippen LogP contribution in [0.5, 0.6) is 5.75 Å². The Hall–Kier alpha value is -2.88. The van der Waals surface area contributed by atoms with Gasteiger partial charge in [-0.1, -0.05) is 29.8 Å². The van der Waals surface area contributed by atoms with Crippen LogP contribution >= 0.6 is 0 Å². The molecule has 7 nitrogen and oxygen atoms in total. The van der Waals surface area contributed by atoms with Gasteiger partial charge in [-0.05, 0) is 73.4 Å². The van der Waals surface area contributed by atoms with E-state index in [4.69, 9.17) is 4.74 Å². The Morgan fingerprint density at radius 1 is 0.848 bits per heavy atom. The topological polar surface area (TPSA) is 92.8 Å². The number of sulfonamides is 2. The molecule has 0 saturated carbocycles. The zero-order valence-corrected chi connectivity index (χ0v) is 20.3. The fourth-order valence-electron chi connectivity index (χ4n) is 3.86. The number of ether oxygens (including phenoxy) is 1. The molecule has 1 aliphatic heterocycles. The van der Waals surface area contributed by atoms with Crippen molar-refractivity contribution < 1.29 is 21.6 Å². The Morgan fingerprint density at radius 3 is 2.24 bits per heavy atom. The first-order valence-electron chi connectivity index (χ1n) is 10.5. The summed E-state index contributed by atoms with van der Waals surface area (Å²) >= 11 is 0. The van der Waals surface area contributed by atoms with Gasteiger partial charge in [-0.15, -0.1) is 0 Å². The van der Waals surface area contributed by atoms with Crippen LogP contribution < -0.4 is 9.46 Å². The fraction of sp³-hybridized carbons (Fsp3) is 0.250. The number of benzene rings is 3. The van der Waals surface area contributed by atoms with Crippen LogP contribution in [0.25, 0.3) is 0 Å². The molecule has 33 heavy (non-hydrogen) atoms. The van der Waals surface area contributed by atoms with Crippen molar-refractivity contribution in [3.05, 3.63) is 82.9 Å². The molecule has 0 radical (unpaired) electrons. The number of fused-ring (bicyclic) bond motifs is 1. The van der Waals surface area contributed by atoms with Crippen LogP contribution in [0.4, 0.5) is 5.69 Å². The molecule has 0 bridgehead atoms. The third kappa shape index (κ3) is 4.75. The quantitative estimate of drug-likeness (QED) is 0.571. The molecule has 3 aromatic rings. The number of hydrogen-bond acceptors (Lipinski definition) is 5. The van der Waals surface area contributed by atoms with Gasteiger partial charge in [0.25, 0.3) is 10.0 Å². The molecule has 0 aliphatic carbocycles. The van der Waals surface area contributed by atoms with Gasteiger partial charge < -0.3 is 4.74 Å². The van der Waals surface area contributed by atoms with Crippen molar-refractivity contribution in [2.45, 2.75) is 36.6 Å². The van der Waals surface area contributed by atoms with Crippen LogP contribution in [0.1, 0.15) is 22.3 Å². The molecular formula is C24H26N2O5S2. The van der Waals surface area contributed by atoms with Crippen molar-refractivity contribution in [3.8, 4) is 5.75 Å². The molecule has 0 saturated heterocycles. The molecule has 3 aromatic carbocycles. The van der Waals surface area contributed by atoms with Crippen LogP contribution in [-0.4, -0.2) is 34.8 Å². The summed E-state index contributed by atoms with van der Waals surface area (Å²) in [5, 5.41) is 0. The number of hydrogen-bond donors (Lipinski definition) is 1. The van der Waals surface area contributed by atoms with Crippen molar-refractivity contribution in [1.82, 2.24) is 4.31 Å². The highest BCUT2D eigenvalue weighted by Gasteiger charge is 2.29. The van der Waals surface area contributed by atoms with E-state index in [0.29, 0.717) is 18.7 Å². The Kier molecular flexibility index (Phi) is 6.22. The molecular weight excluding hydrogens is 460 g/mol. The number of nitrogens with one attached hydrogen (secondary N) is 1. The molecule has 1 N–H and O–H groups in total. The third-order valence-corrected chi connectivity index (χ3v) is 8.97. The highest BCUT2D eigenvalue weighted by Crippen LogP contribution is 2.30. The first-order valence-corrected chi connectivity index (χ1v) is 13.4. The molecule has 174 valence electrons. The molecule has 0 spiro atoms. The van der Waals surface area contributed by atoms with Crippen LogP contribution in [0.2, 0.25) is 0 Å². The Bertz CT molecular complexity index is 1400. The standard InChI is InChI=1S/C24H26N2O5S2/c1-17-4-9-22(10-5-17)33(29,30)26-13-12-19-7-8-21(15-20(19)16-26)25-32(27,28)24-14-18(2)6-11-23(24)31-3/h4-11,14-15,25H,12-13,16H2,1-3H3. The Labute approximate surface area is 195 Å². The van der Waals surface area contributed by atoms with Gasteiger partial charge in [-0.2, -0.15) is 4.31 Å². The zero-order chi connectivity index (χ0) is 23.8. The van der Waals surface area contributed by atoms with Gasteiger partial charge in [-0.3, -0.25) is 4.72 Å². The zero-order valence-electron chi connectivity index (χ0n) is 18.7. The second-order valence-electron chi connectivity index (χ2n) is 8.14. The van der Waals surface area contributed by atoms with Gasteiger partial charge in [0, 0.05) is 18.8 Å². The van der Waals surface area contributed by atoms with E-state index < -0.39 is 20.0 Å². The fourth-order valence-corrected chi connectivity index (χ4v) is 6.59. The summed E-state index contributed by atoms with van der Waals surface area (Å²) in [6.45, 7) is 4.26. The number of rotatable bonds is 6. The van der Waals surface area contributed by atoms with Crippen LogP contribution in [0.3, 0.4) is 0 Å². The average Bonchev–Trinajstić information content (AvgIpc) is 2.78. The summed E-state index contributed by atoms with van der Waals surface area (Å²) in [6.07, 6.45) is 0.555. The van der Waals surface area contributed by atoms with Crippen molar-refractivity contribution >= 4 is 25.7 Å². The SMILES string of the molecule is COc1ccc(C)cc1S(=O)(=O)Nc1ccc2c(c1)CN(S(=O)(=O)c1ccc(C)cc1)CC2. The molecule has 0 unspecified atom stereocenters. The van der Waals surface area contributed by atoms with Crippen molar-refractivity contribution in [3.63, 3.8) is 0 Å². The van der Waals surface area contributed by atoms with Crippen LogP contribution in [0, 0.1) is 13.8 Å². The van der Waals surface area contributed by atoms with Gasteiger partial charge in [0.2, 0.25) is 10.0 Å². The lowest BCUT2D eigenvalue weighted by Crippen LogP contribution is -2.36. The second kappa shape index (κ2) is 8.81. The van der Waals surface area contributed by atoms with Gasteiger partial charge in [0.05, 0.1) is 12.0 Å². The normalized spacial score (nSPS) is 14.5. The smallest absolute Gasteiger partial charge is 0.265 e. The molecule has 4 rings (SSSR count). The number of aryl methyl sites for hydroxylation is 2. The molecule has 1 heterocycles. The van der Waals surface area contributed by atoms with Gasteiger partial charge in [0.1, 0.15) is 10.6 Å². The summed E-state index contributed by atoms with van der Waals surface area (Å²) in [6, 6.07) is 17.0. The van der Waals surface area contributed by atoms with Gasteiger partial charge >= 0.3 is 0 Å². The lowest BCUT2D eigenvalue weighted by molar-refractivity contribution is 0.391. The first-order chi connectivity index (χ1) is 15.6. The number of methoxy groups -OCH3 is 1. The largest absolute Gasteiger partial charge is 0.495 e. The van der Waals surface area contributed by atoms with E-state index in [0.717, 1.165) is 22.3 Å². The molecule has 0 aromatic heterocycles. The van der Waals surface area contributed by atoms with E-state index in [2.05, 4.69) is 4.72 Å². The molecule has 0 atom stereocenters. The van der Waals surface area contributed by atoms with E-state index >= 15 is 0 Å². The van der Waals surface area contributed by atoms with Crippen LogP contribution in [-0.2, 0) is 33.0 Å².